The molecular formula is C15H24O2. The van der Waals surface area contributed by atoms with E-state index in [4.69, 9.17) is 5.11 Å². The SMILES string of the molecule is CC1=CCCC(C)(C)C1/C=C/C(C)(O)/C=C/O. The molecule has 0 radical (unpaired) electrons. The Morgan fingerprint density at radius 3 is 2.59 bits per heavy atom. The van der Waals surface area contributed by atoms with Gasteiger partial charge < -0.3 is 10.2 Å². The van der Waals surface area contributed by atoms with Gasteiger partial charge in [-0.25, -0.2) is 0 Å². The van der Waals surface area contributed by atoms with Crippen LogP contribution in [0.15, 0.2) is 36.1 Å². The van der Waals surface area contributed by atoms with Crippen molar-refractivity contribution in [3.63, 3.8) is 0 Å². The van der Waals surface area contributed by atoms with Crippen LogP contribution in [-0.4, -0.2) is 15.8 Å². The van der Waals surface area contributed by atoms with Gasteiger partial charge in [-0.2, -0.15) is 0 Å². The Morgan fingerprint density at radius 2 is 2.06 bits per heavy atom. The fourth-order valence-electron chi connectivity index (χ4n) is 2.48. The first-order chi connectivity index (χ1) is 7.78. The van der Waals surface area contributed by atoms with Crippen LogP contribution in [0.5, 0.6) is 0 Å². The van der Waals surface area contributed by atoms with Gasteiger partial charge in [-0.15, -0.1) is 0 Å². The Kier molecular flexibility index (Phi) is 4.21. The number of hydrogen-bond acceptors (Lipinski definition) is 2. The van der Waals surface area contributed by atoms with Crippen molar-refractivity contribution in [2.75, 3.05) is 0 Å². The first-order valence-corrected chi connectivity index (χ1v) is 6.19. The van der Waals surface area contributed by atoms with Crippen molar-refractivity contribution in [3.8, 4) is 0 Å². The summed E-state index contributed by atoms with van der Waals surface area (Å²) in [5, 5.41) is 18.7. The Labute approximate surface area is 104 Å². The molecule has 0 bridgehead atoms. The average molecular weight is 236 g/mol. The van der Waals surface area contributed by atoms with E-state index in [1.165, 1.54) is 11.6 Å². The molecule has 0 heterocycles. The zero-order valence-electron chi connectivity index (χ0n) is 11.3. The van der Waals surface area contributed by atoms with Gasteiger partial charge in [-0.1, -0.05) is 37.6 Å². The van der Waals surface area contributed by atoms with Gasteiger partial charge in [0.05, 0.1) is 6.26 Å². The number of aliphatic hydroxyl groups is 2. The molecule has 0 saturated carbocycles. The second kappa shape index (κ2) is 5.09. The molecule has 1 rings (SSSR count). The average Bonchev–Trinajstić information content (AvgIpc) is 2.15. The number of allylic oxidation sites excluding steroid dienone is 3. The van der Waals surface area contributed by atoms with E-state index in [0.717, 1.165) is 19.1 Å². The van der Waals surface area contributed by atoms with E-state index < -0.39 is 5.60 Å². The quantitative estimate of drug-likeness (QED) is 0.579. The van der Waals surface area contributed by atoms with E-state index in [2.05, 4.69) is 32.9 Å². The van der Waals surface area contributed by atoms with Crippen LogP contribution in [0, 0.1) is 11.3 Å². The van der Waals surface area contributed by atoms with Gasteiger partial charge in [0.1, 0.15) is 5.60 Å². The lowest BCUT2D eigenvalue weighted by Crippen LogP contribution is -2.27. The summed E-state index contributed by atoms with van der Waals surface area (Å²) in [5.74, 6) is 0.356. The van der Waals surface area contributed by atoms with Gasteiger partial charge in [-0.3, -0.25) is 0 Å². The normalized spacial score (nSPS) is 28.3. The maximum Gasteiger partial charge on any atom is 0.101 e. The zero-order valence-corrected chi connectivity index (χ0v) is 11.3. The van der Waals surface area contributed by atoms with Crippen LogP contribution in [0.3, 0.4) is 0 Å². The molecule has 1 aliphatic rings. The number of aliphatic hydroxyl groups excluding tert-OH is 1. The standard InChI is InChI=1S/C15H24O2/c1-12-6-5-8-14(2,3)13(12)7-9-15(4,17)10-11-16/h6-7,9-11,13,16-17H,5,8H2,1-4H3/b9-7+,11-10+. The lowest BCUT2D eigenvalue weighted by atomic mass is 9.68. The Hall–Kier alpha value is -1.02. The topological polar surface area (TPSA) is 40.5 Å². The van der Waals surface area contributed by atoms with E-state index in [1.807, 2.05) is 0 Å². The molecule has 0 aliphatic heterocycles. The van der Waals surface area contributed by atoms with E-state index in [9.17, 15) is 5.11 Å². The lowest BCUT2D eigenvalue weighted by Gasteiger charge is -2.37. The molecule has 0 fully saturated rings. The zero-order chi connectivity index (χ0) is 13.1. The molecule has 0 saturated heterocycles. The molecule has 0 aromatic heterocycles. The van der Waals surface area contributed by atoms with Crippen molar-refractivity contribution in [1.29, 1.82) is 0 Å². The first-order valence-electron chi connectivity index (χ1n) is 6.19. The van der Waals surface area contributed by atoms with Gasteiger partial charge in [0.15, 0.2) is 0 Å². The third-order valence-electron chi connectivity index (χ3n) is 3.63. The van der Waals surface area contributed by atoms with Gasteiger partial charge in [0.25, 0.3) is 0 Å². The van der Waals surface area contributed by atoms with Gasteiger partial charge in [0.2, 0.25) is 0 Å². The molecule has 0 spiro atoms. The van der Waals surface area contributed by atoms with Gasteiger partial charge in [0, 0.05) is 5.92 Å². The summed E-state index contributed by atoms with van der Waals surface area (Å²) in [6.07, 6.45) is 10.7. The highest BCUT2D eigenvalue weighted by atomic mass is 16.3. The van der Waals surface area contributed by atoms with Crippen molar-refractivity contribution in [1.82, 2.24) is 0 Å². The molecular weight excluding hydrogens is 212 g/mol. The highest BCUT2D eigenvalue weighted by Crippen LogP contribution is 2.41. The molecule has 0 amide bonds. The van der Waals surface area contributed by atoms with Crippen LogP contribution in [0.2, 0.25) is 0 Å². The number of hydrogen-bond donors (Lipinski definition) is 2. The van der Waals surface area contributed by atoms with Crippen molar-refractivity contribution >= 4 is 0 Å². The third-order valence-corrected chi connectivity index (χ3v) is 3.63. The Bertz CT molecular complexity index is 346. The van der Waals surface area contributed by atoms with E-state index in [-0.39, 0.29) is 5.41 Å². The molecule has 1 aliphatic carbocycles. The molecule has 2 N–H and O–H groups in total. The minimum Gasteiger partial charge on any atom is -0.516 e. The maximum atomic E-state index is 9.95. The van der Waals surface area contributed by atoms with Crippen LogP contribution >= 0.6 is 0 Å². The summed E-state index contributed by atoms with van der Waals surface area (Å²) < 4.78 is 0. The summed E-state index contributed by atoms with van der Waals surface area (Å²) in [4.78, 5) is 0. The highest BCUT2D eigenvalue weighted by molar-refractivity contribution is 5.21. The van der Waals surface area contributed by atoms with Gasteiger partial charge in [-0.05, 0) is 38.2 Å². The monoisotopic (exact) mass is 236 g/mol. The van der Waals surface area contributed by atoms with Crippen molar-refractivity contribution < 1.29 is 10.2 Å². The summed E-state index contributed by atoms with van der Waals surface area (Å²) >= 11 is 0. The Balaban J connectivity index is 2.89. The molecule has 0 aromatic rings. The van der Waals surface area contributed by atoms with Crippen molar-refractivity contribution in [2.24, 2.45) is 11.3 Å². The van der Waals surface area contributed by atoms with E-state index in [1.54, 1.807) is 13.0 Å². The molecule has 2 heteroatoms. The first kappa shape index (κ1) is 14.0. The van der Waals surface area contributed by atoms with E-state index in [0.29, 0.717) is 5.92 Å². The smallest absolute Gasteiger partial charge is 0.101 e. The number of rotatable bonds is 3. The summed E-state index contributed by atoms with van der Waals surface area (Å²) in [5.41, 5.74) is 0.512. The van der Waals surface area contributed by atoms with Gasteiger partial charge >= 0.3 is 0 Å². The summed E-state index contributed by atoms with van der Waals surface area (Å²) in [7, 11) is 0. The molecule has 2 unspecified atom stereocenters. The van der Waals surface area contributed by atoms with Crippen LogP contribution < -0.4 is 0 Å². The maximum absolute atomic E-state index is 9.95. The minimum atomic E-state index is -1.08. The highest BCUT2D eigenvalue weighted by Gasteiger charge is 2.31. The van der Waals surface area contributed by atoms with Crippen LogP contribution in [-0.2, 0) is 0 Å². The largest absolute Gasteiger partial charge is 0.516 e. The van der Waals surface area contributed by atoms with Crippen molar-refractivity contribution in [3.05, 3.63) is 36.1 Å². The van der Waals surface area contributed by atoms with Crippen LogP contribution in [0.1, 0.15) is 40.5 Å². The second-order valence-corrected chi connectivity index (χ2v) is 5.85. The summed E-state index contributed by atoms with van der Waals surface area (Å²) in [6.45, 7) is 8.32. The van der Waals surface area contributed by atoms with Crippen LogP contribution in [0.4, 0.5) is 0 Å². The molecule has 96 valence electrons. The van der Waals surface area contributed by atoms with E-state index >= 15 is 0 Å². The van der Waals surface area contributed by atoms with Crippen molar-refractivity contribution in [2.45, 2.75) is 46.1 Å². The molecule has 2 nitrogen and oxygen atoms in total. The fourth-order valence-corrected chi connectivity index (χ4v) is 2.48. The lowest BCUT2D eigenvalue weighted by molar-refractivity contribution is 0.159. The summed E-state index contributed by atoms with van der Waals surface area (Å²) in [6, 6.07) is 0. The second-order valence-electron chi connectivity index (χ2n) is 5.85. The predicted octanol–water partition coefficient (Wildman–Crippen LogP) is 3.75. The van der Waals surface area contributed by atoms with Crippen LogP contribution in [0.25, 0.3) is 0 Å². The molecule has 17 heavy (non-hydrogen) atoms. The fraction of sp³-hybridized carbons (Fsp3) is 0.600. The minimum absolute atomic E-state index is 0.230. The predicted molar refractivity (Wildman–Crippen MR) is 71.8 cm³/mol. The third kappa shape index (κ3) is 3.74. The molecule has 2 atom stereocenters. The Morgan fingerprint density at radius 1 is 1.41 bits per heavy atom. The molecule has 0 aromatic carbocycles.